The molecule has 0 saturated carbocycles. The summed E-state index contributed by atoms with van der Waals surface area (Å²) in [6.07, 6.45) is 0.181. The maximum Gasteiger partial charge on any atom is 0.419 e. The van der Waals surface area contributed by atoms with Crippen molar-refractivity contribution in [1.29, 1.82) is 0 Å². The van der Waals surface area contributed by atoms with Gasteiger partial charge in [-0.05, 0) is 60.2 Å². The Kier molecular flexibility index (Phi) is 7.59. The van der Waals surface area contributed by atoms with Crippen molar-refractivity contribution in [2.75, 3.05) is 0 Å². The maximum atomic E-state index is 14.0. The van der Waals surface area contributed by atoms with Gasteiger partial charge >= 0.3 is 6.18 Å². The third-order valence-corrected chi connectivity index (χ3v) is 6.50. The predicted octanol–water partition coefficient (Wildman–Crippen LogP) is 7.24. The number of carbonyl (C=O) groups is 1. The number of imidazole rings is 1. The van der Waals surface area contributed by atoms with Crippen LogP contribution < -0.4 is 5.32 Å². The van der Waals surface area contributed by atoms with Gasteiger partial charge in [-0.25, -0.2) is 9.37 Å². The van der Waals surface area contributed by atoms with Crippen molar-refractivity contribution < 1.29 is 26.8 Å². The molecule has 0 aliphatic carbocycles. The fraction of sp³-hybridized carbons (Fsp3) is 0.111. The van der Waals surface area contributed by atoms with Crippen LogP contribution in [0.2, 0.25) is 10.0 Å². The summed E-state index contributed by atoms with van der Waals surface area (Å²) in [5.74, 6) is -1.96. The molecular formula is C27H17Cl2F4N5O2. The molecule has 1 N–H and O–H groups in total. The molecule has 7 nitrogen and oxygen atoms in total. The van der Waals surface area contributed by atoms with E-state index in [-0.39, 0.29) is 23.3 Å². The Morgan fingerprint density at radius 2 is 1.68 bits per heavy atom. The molecule has 2 heterocycles. The molecular weight excluding hydrogens is 573 g/mol. The van der Waals surface area contributed by atoms with Crippen molar-refractivity contribution in [2.24, 2.45) is 0 Å². The second-order valence-corrected chi connectivity index (χ2v) is 9.48. The summed E-state index contributed by atoms with van der Waals surface area (Å²) >= 11 is 12.4. The van der Waals surface area contributed by atoms with E-state index >= 15 is 0 Å². The zero-order chi connectivity index (χ0) is 28.4. The van der Waals surface area contributed by atoms with E-state index in [0.29, 0.717) is 45.4 Å². The lowest BCUT2D eigenvalue weighted by Crippen LogP contribution is -2.31. The van der Waals surface area contributed by atoms with E-state index in [2.05, 4.69) is 20.5 Å². The second-order valence-electron chi connectivity index (χ2n) is 8.63. The van der Waals surface area contributed by atoms with Crippen LogP contribution in [0.15, 0.2) is 83.8 Å². The minimum atomic E-state index is -4.82. The van der Waals surface area contributed by atoms with Crippen LogP contribution in [0.25, 0.3) is 22.9 Å². The van der Waals surface area contributed by atoms with Gasteiger partial charge in [-0.2, -0.15) is 13.2 Å². The second kappa shape index (κ2) is 11.1. The number of carbonyl (C=O) groups excluding carboxylic acids is 1. The number of alkyl halides is 3. The van der Waals surface area contributed by atoms with Gasteiger partial charge in [0.2, 0.25) is 11.8 Å². The molecule has 0 aliphatic rings. The molecule has 5 rings (SSSR count). The van der Waals surface area contributed by atoms with Gasteiger partial charge in [-0.15, -0.1) is 10.2 Å². The van der Waals surface area contributed by atoms with E-state index < -0.39 is 23.6 Å². The lowest BCUT2D eigenvalue weighted by atomic mass is 10.1. The van der Waals surface area contributed by atoms with Gasteiger partial charge in [0.1, 0.15) is 5.82 Å². The van der Waals surface area contributed by atoms with Gasteiger partial charge in [0.15, 0.2) is 0 Å². The molecule has 3 aromatic carbocycles. The van der Waals surface area contributed by atoms with Crippen LogP contribution in [0.3, 0.4) is 0 Å². The smallest absolute Gasteiger partial charge is 0.416 e. The summed E-state index contributed by atoms with van der Waals surface area (Å²) in [5.41, 5.74) is 0.0377. The summed E-state index contributed by atoms with van der Waals surface area (Å²) in [6.45, 7) is 0.362. The highest BCUT2D eigenvalue weighted by molar-refractivity contribution is 6.35. The third kappa shape index (κ3) is 6.00. The number of nitrogens with zero attached hydrogens (tertiary/aromatic N) is 4. The molecule has 0 bridgehead atoms. The molecule has 0 spiro atoms. The van der Waals surface area contributed by atoms with E-state index in [1.54, 1.807) is 65.8 Å². The van der Waals surface area contributed by atoms with Gasteiger partial charge in [0.05, 0.1) is 17.9 Å². The Balaban J connectivity index is 1.33. The normalized spacial score (nSPS) is 12.3. The average molecular weight is 590 g/mol. The number of amides is 1. The van der Waals surface area contributed by atoms with Crippen molar-refractivity contribution in [3.05, 3.63) is 112 Å². The minimum absolute atomic E-state index is 0.00922. The summed E-state index contributed by atoms with van der Waals surface area (Å²) in [6, 6.07) is 13.1. The molecule has 0 radical (unpaired) electrons. The lowest BCUT2D eigenvalue weighted by Gasteiger charge is -2.21. The summed E-state index contributed by atoms with van der Waals surface area (Å²) < 4.78 is 59.8. The van der Waals surface area contributed by atoms with Gasteiger partial charge in [0, 0.05) is 45.7 Å². The molecule has 0 unspecified atom stereocenters. The number of hydrogen-bond acceptors (Lipinski definition) is 5. The molecule has 5 aromatic rings. The minimum Gasteiger partial charge on any atom is -0.416 e. The zero-order valence-electron chi connectivity index (χ0n) is 20.2. The van der Waals surface area contributed by atoms with Gasteiger partial charge in [0.25, 0.3) is 5.91 Å². The van der Waals surface area contributed by atoms with Gasteiger partial charge < -0.3 is 14.3 Å². The highest BCUT2D eigenvalue weighted by Crippen LogP contribution is 2.34. The quantitative estimate of drug-likeness (QED) is 0.202. The number of aromatic nitrogens is 4. The first-order valence-corrected chi connectivity index (χ1v) is 12.4. The van der Waals surface area contributed by atoms with Crippen LogP contribution in [-0.4, -0.2) is 25.7 Å². The van der Waals surface area contributed by atoms with Crippen LogP contribution in [0.4, 0.5) is 17.6 Å². The van der Waals surface area contributed by atoms with Crippen molar-refractivity contribution in [3.8, 4) is 22.9 Å². The highest BCUT2D eigenvalue weighted by atomic mass is 35.5. The van der Waals surface area contributed by atoms with Crippen LogP contribution >= 0.6 is 23.2 Å². The molecule has 0 aliphatic heterocycles. The average Bonchev–Trinajstić information content (AvgIpc) is 3.60. The van der Waals surface area contributed by atoms with E-state index in [9.17, 15) is 22.4 Å². The molecule has 204 valence electrons. The molecule has 0 fully saturated rings. The SMILES string of the molecule is O=C(N[C@@H](Cn1ccnc1)c1ccc(Cl)cc1Cl)c1ccc(-c2nnc(-c3ccc(C(F)(F)F)c(F)c3)o2)cc1. The van der Waals surface area contributed by atoms with E-state index in [4.69, 9.17) is 27.6 Å². The molecule has 1 atom stereocenters. The fourth-order valence-electron chi connectivity index (χ4n) is 3.95. The van der Waals surface area contributed by atoms with Gasteiger partial charge in [-0.1, -0.05) is 29.3 Å². The number of nitrogens with one attached hydrogen (secondary N) is 1. The van der Waals surface area contributed by atoms with Crippen LogP contribution in [-0.2, 0) is 12.7 Å². The monoisotopic (exact) mass is 589 g/mol. The summed E-state index contributed by atoms with van der Waals surface area (Å²) in [7, 11) is 0. The lowest BCUT2D eigenvalue weighted by molar-refractivity contribution is -0.139. The molecule has 0 saturated heterocycles. The van der Waals surface area contributed by atoms with E-state index in [1.807, 2.05) is 0 Å². The van der Waals surface area contributed by atoms with E-state index in [1.165, 1.54) is 0 Å². The predicted molar refractivity (Wildman–Crippen MR) is 139 cm³/mol. The molecule has 40 heavy (non-hydrogen) atoms. The Labute approximate surface area is 234 Å². The highest BCUT2D eigenvalue weighted by Gasteiger charge is 2.34. The number of halogens is 6. The summed E-state index contributed by atoms with van der Waals surface area (Å²) in [4.78, 5) is 17.2. The standard InChI is InChI=1S/C27H17Cl2F4N5O2/c28-18-6-7-19(21(29)12-18)23(13-38-10-9-34-14-38)35-24(39)15-1-3-16(4-2-15)25-36-37-26(40-25)17-5-8-20(22(30)11-17)27(31,32)33/h1-12,14,23H,13H2,(H,35,39)/t23-/m0/s1. The molecule has 13 heteroatoms. The van der Waals surface area contributed by atoms with Gasteiger partial charge in [-0.3, -0.25) is 4.79 Å². The zero-order valence-corrected chi connectivity index (χ0v) is 21.7. The first-order valence-electron chi connectivity index (χ1n) is 11.6. The van der Waals surface area contributed by atoms with E-state index in [0.717, 1.165) is 6.07 Å². The summed E-state index contributed by atoms with van der Waals surface area (Å²) in [5, 5.41) is 11.5. The van der Waals surface area contributed by atoms with Crippen molar-refractivity contribution in [3.63, 3.8) is 0 Å². The topological polar surface area (TPSA) is 85.8 Å². The van der Waals surface area contributed by atoms with Crippen LogP contribution in [0.1, 0.15) is 27.5 Å². The Morgan fingerprint density at radius 1 is 0.975 bits per heavy atom. The molecule has 1 amide bonds. The first-order chi connectivity index (χ1) is 19.1. The van der Waals surface area contributed by atoms with Crippen LogP contribution in [0.5, 0.6) is 0 Å². The van der Waals surface area contributed by atoms with Crippen molar-refractivity contribution in [2.45, 2.75) is 18.8 Å². The van der Waals surface area contributed by atoms with Crippen molar-refractivity contribution >= 4 is 29.1 Å². The number of hydrogen-bond donors (Lipinski definition) is 1. The fourth-order valence-corrected chi connectivity index (χ4v) is 4.49. The number of benzene rings is 3. The number of rotatable bonds is 7. The Bertz CT molecular complexity index is 1650. The Morgan fingerprint density at radius 3 is 2.30 bits per heavy atom. The first kappa shape index (κ1) is 27.4. The largest absolute Gasteiger partial charge is 0.419 e. The van der Waals surface area contributed by atoms with Crippen LogP contribution in [0, 0.1) is 5.82 Å². The maximum absolute atomic E-state index is 14.0. The third-order valence-electron chi connectivity index (χ3n) is 5.94. The molecule has 2 aromatic heterocycles. The van der Waals surface area contributed by atoms with Crippen molar-refractivity contribution in [1.82, 2.24) is 25.1 Å². The Hall–Kier alpha value is -4.22.